The molecule has 0 aromatic carbocycles. The molecular formula is C78H142O10. The van der Waals surface area contributed by atoms with Gasteiger partial charge in [-0.05, 0) is 128 Å². The number of aliphatic hydroxyl groups excluding tert-OH is 2. The van der Waals surface area contributed by atoms with Gasteiger partial charge in [-0.1, -0.05) is 282 Å². The Morgan fingerprint density at radius 3 is 0.761 bits per heavy atom. The Balaban J connectivity index is 5.91. The molecule has 0 amide bonds. The maximum Gasteiger partial charge on any atom is 0.306 e. The van der Waals surface area contributed by atoms with E-state index in [0.717, 1.165) is 154 Å². The topological polar surface area (TPSA) is 146 Å². The van der Waals surface area contributed by atoms with Crippen LogP contribution < -0.4 is 0 Å². The number of carbonyl (C=O) groups excluding carboxylic acids is 4. The Bertz CT molecular complexity index is 1640. The lowest BCUT2D eigenvalue weighted by Gasteiger charge is -2.34. The van der Waals surface area contributed by atoms with E-state index in [2.05, 4.69) is 76.3 Å². The number of hydrogen-bond donors (Lipinski definition) is 2. The van der Waals surface area contributed by atoms with E-state index in [0.29, 0.717) is 25.7 Å². The lowest BCUT2D eigenvalue weighted by molar-refractivity contribution is -0.202. The van der Waals surface area contributed by atoms with Crippen molar-refractivity contribution in [3.8, 4) is 0 Å². The van der Waals surface area contributed by atoms with Crippen molar-refractivity contribution in [2.75, 3.05) is 13.2 Å². The van der Waals surface area contributed by atoms with Crippen molar-refractivity contribution in [1.29, 1.82) is 0 Å². The predicted octanol–water partition coefficient (Wildman–Crippen LogP) is 22.8. The molecule has 2 N–H and O–H groups in total. The van der Waals surface area contributed by atoms with Crippen molar-refractivity contribution in [2.45, 2.75) is 412 Å². The molecule has 0 bridgehead atoms. The van der Waals surface area contributed by atoms with Crippen molar-refractivity contribution in [1.82, 2.24) is 0 Å². The Kier molecular flexibility index (Phi) is 67.1. The average molecular weight is 1240 g/mol. The molecule has 0 rings (SSSR count). The first-order chi connectivity index (χ1) is 43.2. The molecule has 0 fully saturated rings. The van der Waals surface area contributed by atoms with E-state index in [1.165, 1.54) is 154 Å². The van der Waals surface area contributed by atoms with Crippen molar-refractivity contribution in [2.24, 2.45) is 0 Å². The maximum absolute atomic E-state index is 13.9. The summed E-state index contributed by atoms with van der Waals surface area (Å²) < 4.78 is 24.0. The Labute approximate surface area is 543 Å². The van der Waals surface area contributed by atoms with Gasteiger partial charge in [0, 0.05) is 25.7 Å². The van der Waals surface area contributed by atoms with E-state index >= 15 is 0 Å². The predicted molar refractivity (Wildman–Crippen MR) is 371 cm³/mol. The van der Waals surface area contributed by atoms with Crippen LogP contribution in [0.15, 0.2) is 48.6 Å². The molecule has 0 spiro atoms. The molecule has 4 atom stereocenters. The highest BCUT2D eigenvalue weighted by molar-refractivity contribution is 5.72. The summed E-state index contributed by atoms with van der Waals surface area (Å²) in [6.07, 6.45) is 71.0. The maximum atomic E-state index is 13.9. The number of allylic oxidation sites excluding steroid dienone is 8. The summed E-state index contributed by atoms with van der Waals surface area (Å²) in [6.45, 7) is 7.73. The minimum absolute atomic E-state index is 0.0598. The highest BCUT2D eigenvalue weighted by atomic mass is 16.6. The summed E-state index contributed by atoms with van der Waals surface area (Å²) in [6, 6.07) is 0. The quantitative estimate of drug-likeness (QED) is 0.0261. The minimum atomic E-state index is -1.67. The van der Waals surface area contributed by atoms with Gasteiger partial charge in [-0.2, -0.15) is 0 Å². The molecule has 0 unspecified atom stereocenters. The molecule has 0 aliphatic rings. The fourth-order valence-electron chi connectivity index (χ4n) is 11.3. The number of ether oxygens (including phenoxy) is 4. The van der Waals surface area contributed by atoms with Crippen molar-refractivity contribution in [3.63, 3.8) is 0 Å². The van der Waals surface area contributed by atoms with E-state index in [1.807, 2.05) is 0 Å². The summed E-state index contributed by atoms with van der Waals surface area (Å²) >= 11 is 0. The van der Waals surface area contributed by atoms with Gasteiger partial charge in [0.1, 0.15) is 12.7 Å². The number of hydrogen-bond acceptors (Lipinski definition) is 10. The lowest BCUT2D eigenvalue weighted by atomic mass is 10.0. The van der Waals surface area contributed by atoms with E-state index in [1.54, 1.807) is 0 Å². The van der Waals surface area contributed by atoms with Crippen LogP contribution in [0.3, 0.4) is 0 Å². The molecule has 0 aliphatic carbocycles. The summed E-state index contributed by atoms with van der Waals surface area (Å²) in [5.74, 6) is -2.27. The van der Waals surface area contributed by atoms with E-state index in [-0.39, 0.29) is 25.7 Å². The second kappa shape index (κ2) is 69.6. The fourth-order valence-corrected chi connectivity index (χ4v) is 11.3. The van der Waals surface area contributed by atoms with Gasteiger partial charge in [0.05, 0.1) is 6.61 Å². The zero-order valence-electron chi connectivity index (χ0n) is 58.1. The van der Waals surface area contributed by atoms with E-state index in [4.69, 9.17) is 18.9 Å². The van der Waals surface area contributed by atoms with Crippen molar-refractivity contribution >= 4 is 23.9 Å². The van der Waals surface area contributed by atoms with Gasteiger partial charge in [0.2, 0.25) is 0 Å². The number of rotatable bonds is 69. The molecule has 0 saturated heterocycles. The summed E-state index contributed by atoms with van der Waals surface area (Å²) in [7, 11) is 0. The molecule has 0 heterocycles. The molecule has 0 aromatic rings. The zero-order valence-corrected chi connectivity index (χ0v) is 58.1. The highest BCUT2D eigenvalue weighted by Gasteiger charge is 2.42. The van der Waals surface area contributed by atoms with Crippen LogP contribution >= 0.6 is 0 Å². The van der Waals surface area contributed by atoms with Gasteiger partial charge in [0.15, 0.2) is 18.3 Å². The van der Waals surface area contributed by atoms with Gasteiger partial charge >= 0.3 is 23.9 Å². The normalized spacial score (nSPS) is 13.3. The molecule has 514 valence electrons. The van der Waals surface area contributed by atoms with Gasteiger partial charge in [-0.25, -0.2) is 0 Å². The van der Waals surface area contributed by atoms with Gasteiger partial charge < -0.3 is 29.2 Å². The third-order valence-electron chi connectivity index (χ3n) is 17.1. The van der Waals surface area contributed by atoms with Crippen LogP contribution in [0.5, 0.6) is 0 Å². The first-order valence-electron chi connectivity index (χ1n) is 37.9. The highest BCUT2D eigenvalue weighted by Crippen LogP contribution is 2.23. The van der Waals surface area contributed by atoms with Crippen LogP contribution in [0.25, 0.3) is 0 Å². The largest absolute Gasteiger partial charge is 0.462 e. The number of aliphatic hydroxyl groups is 2. The Morgan fingerprint density at radius 2 is 0.500 bits per heavy atom. The second-order valence-electron chi connectivity index (χ2n) is 25.7. The van der Waals surface area contributed by atoms with Gasteiger partial charge in [-0.3, -0.25) is 19.2 Å². The minimum Gasteiger partial charge on any atom is -0.462 e. The van der Waals surface area contributed by atoms with Crippen LogP contribution in [0, 0.1) is 0 Å². The molecule has 10 heteroatoms. The smallest absolute Gasteiger partial charge is 0.306 e. The number of unbranched alkanes of at least 4 members (excludes halogenated alkanes) is 44. The monoisotopic (exact) mass is 1240 g/mol. The van der Waals surface area contributed by atoms with E-state index in [9.17, 15) is 29.4 Å². The first kappa shape index (κ1) is 84.8. The molecule has 0 radical (unpaired) electrons. The molecule has 88 heavy (non-hydrogen) atoms. The van der Waals surface area contributed by atoms with Crippen LogP contribution in [0.4, 0.5) is 0 Å². The summed E-state index contributed by atoms with van der Waals surface area (Å²) in [4.78, 5) is 54.7. The standard InChI is InChI=1S/C78H142O10/c1-5-9-13-17-21-25-29-33-37-41-45-49-53-57-61-65-73(81)85-70-72(86-74(82)66-62-58-54-50-46-42-38-34-30-26-22-18-14-10-6-2)78(88-76(84)68-64-60-56-52-48-44-40-36-32-28-24-20-16-12-8-4)77(71(80)69-79)87-75(83)67-63-59-55-51-47-43-39-35-31-27-23-19-15-11-7-3/h33-40,71-72,77-80H,5-32,41-70H2,1-4H3/b37-33-,38-34-,39-35-,40-36-/t71-,72-,77+,78+/m1/s1. The molecular weight excluding hydrogens is 1100 g/mol. The molecule has 0 aromatic heterocycles. The molecule has 0 aliphatic heterocycles. The summed E-state index contributed by atoms with van der Waals surface area (Å²) in [5, 5.41) is 21.8. The first-order valence-corrected chi connectivity index (χ1v) is 37.9. The zero-order chi connectivity index (χ0) is 64.1. The van der Waals surface area contributed by atoms with Crippen LogP contribution in [0.2, 0.25) is 0 Å². The van der Waals surface area contributed by atoms with Crippen LogP contribution in [-0.4, -0.2) is 71.7 Å². The van der Waals surface area contributed by atoms with Crippen LogP contribution in [-0.2, 0) is 38.1 Å². The number of carbonyl (C=O) groups is 4. The Hall–Kier alpha value is -3.24. The number of esters is 4. The molecule has 10 nitrogen and oxygen atoms in total. The third-order valence-corrected chi connectivity index (χ3v) is 17.1. The second-order valence-corrected chi connectivity index (χ2v) is 25.7. The van der Waals surface area contributed by atoms with Crippen LogP contribution in [0.1, 0.15) is 387 Å². The SMILES string of the molecule is CCCCCCCC/C=C\CCCCCCCC(=O)OC[C@@H](OC(=O)CCCCCCC/C=C\CCCCCCCC)[C@H](OC(=O)CCCCCCC/C=C\CCCCCCCC)[C@@H](OC(=O)CCCCCCC/C=C\CCCCCCCC)[C@H](O)CO. The Morgan fingerprint density at radius 1 is 0.284 bits per heavy atom. The average Bonchev–Trinajstić information content (AvgIpc) is 3.65. The molecule has 0 saturated carbocycles. The van der Waals surface area contributed by atoms with Gasteiger partial charge in [0.25, 0.3) is 0 Å². The fraction of sp³-hybridized carbons (Fsp3) is 0.846. The summed E-state index contributed by atoms with van der Waals surface area (Å²) in [5.41, 5.74) is 0. The lowest BCUT2D eigenvalue weighted by Crippen LogP contribution is -2.53. The third kappa shape index (κ3) is 60.3. The van der Waals surface area contributed by atoms with Gasteiger partial charge in [-0.15, -0.1) is 0 Å². The van der Waals surface area contributed by atoms with Crippen molar-refractivity contribution in [3.05, 3.63) is 48.6 Å². The van der Waals surface area contributed by atoms with E-state index < -0.39 is 61.5 Å². The van der Waals surface area contributed by atoms with Crippen molar-refractivity contribution < 1.29 is 48.3 Å².